The van der Waals surface area contributed by atoms with Gasteiger partial charge >= 0.3 is 10.1 Å². The predicted molar refractivity (Wildman–Crippen MR) is 127 cm³/mol. The van der Waals surface area contributed by atoms with Crippen molar-refractivity contribution < 1.29 is 17.4 Å². The quantitative estimate of drug-likeness (QED) is 0.228. The molecular formula is C22H13BrCl2N2O4S. The van der Waals surface area contributed by atoms with Gasteiger partial charge in [0.05, 0.1) is 15.2 Å². The lowest BCUT2D eigenvalue weighted by Gasteiger charge is -2.10. The van der Waals surface area contributed by atoms with E-state index in [1.165, 1.54) is 48.5 Å². The molecule has 0 saturated carbocycles. The van der Waals surface area contributed by atoms with Gasteiger partial charge in [-0.25, -0.2) is 0 Å². The molecule has 3 aromatic rings. The number of anilines is 1. The maximum Gasteiger partial charge on any atom is 0.339 e. The summed E-state index contributed by atoms with van der Waals surface area (Å²) in [6, 6.07) is 18.5. The highest BCUT2D eigenvalue weighted by atomic mass is 79.9. The molecule has 0 spiro atoms. The van der Waals surface area contributed by atoms with E-state index in [0.717, 1.165) is 0 Å². The van der Waals surface area contributed by atoms with Crippen LogP contribution in [0.2, 0.25) is 10.0 Å². The van der Waals surface area contributed by atoms with Crippen LogP contribution in [-0.2, 0) is 14.9 Å². The first-order valence-electron chi connectivity index (χ1n) is 8.87. The van der Waals surface area contributed by atoms with E-state index in [0.29, 0.717) is 25.8 Å². The predicted octanol–water partition coefficient (Wildman–Crippen LogP) is 6.07. The minimum absolute atomic E-state index is 0.0381. The van der Waals surface area contributed by atoms with E-state index in [4.69, 9.17) is 27.4 Å². The van der Waals surface area contributed by atoms with Gasteiger partial charge in [-0.15, -0.1) is 0 Å². The molecule has 0 radical (unpaired) electrons. The minimum atomic E-state index is -4.08. The number of hydrogen-bond acceptors (Lipinski definition) is 5. The van der Waals surface area contributed by atoms with Crippen molar-refractivity contribution in [3.8, 4) is 11.8 Å². The first-order valence-corrected chi connectivity index (χ1v) is 11.8. The van der Waals surface area contributed by atoms with Crippen LogP contribution < -0.4 is 9.50 Å². The second-order valence-electron chi connectivity index (χ2n) is 6.29. The molecule has 32 heavy (non-hydrogen) atoms. The molecule has 3 rings (SSSR count). The lowest BCUT2D eigenvalue weighted by Crippen LogP contribution is -2.13. The van der Waals surface area contributed by atoms with Crippen LogP contribution in [0, 0.1) is 11.3 Å². The van der Waals surface area contributed by atoms with Gasteiger partial charge in [0.15, 0.2) is 5.75 Å². The van der Waals surface area contributed by atoms with Gasteiger partial charge in [-0.2, -0.15) is 13.7 Å². The van der Waals surface area contributed by atoms with Crippen LogP contribution in [0.1, 0.15) is 5.56 Å². The van der Waals surface area contributed by atoms with Crippen LogP contribution in [-0.4, -0.2) is 14.3 Å². The second kappa shape index (κ2) is 10.2. The van der Waals surface area contributed by atoms with Gasteiger partial charge in [-0.3, -0.25) is 4.79 Å². The SMILES string of the molecule is N#C/C(=C\c1ccc(OS(=O)(=O)c2ccc(Cl)cc2)c(Br)c1)C(=O)Nc1ccccc1Cl. The van der Waals surface area contributed by atoms with Gasteiger partial charge < -0.3 is 9.50 Å². The minimum Gasteiger partial charge on any atom is -0.378 e. The highest BCUT2D eigenvalue weighted by Gasteiger charge is 2.18. The number of carbonyl (C=O) groups excluding carboxylic acids is 1. The third-order valence-corrected chi connectivity index (χ3v) is 6.51. The van der Waals surface area contributed by atoms with Gasteiger partial charge in [0.2, 0.25) is 0 Å². The van der Waals surface area contributed by atoms with E-state index in [2.05, 4.69) is 21.2 Å². The third kappa shape index (κ3) is 5.90. The number of benzene rings is 3. The molecule has 3 aromatic carbocycles. The van der Waals surface area contributed by atoms with Crippen LogP contribution >= 0.6 is 39.1 Å². The fraction of sp³-hybridized carbons (Fsp3) is 0. The molecule has 0 aromatic heterocycles. The molecule has 0 unspecified atom stereocenters. The molecule has 0 fully saturated rings. The number of halogens is 3. The molecule has 6 nitrogen and oxygen atoms in total. The van der Waals surface area contributed by atoms with Crippen molar-refractivity contribution in [2.75, 3.05) is 5.32 Å². The number of hydrogen-bond donors (Lipinski definition) is 1. The Kier molecular flexibility index (Phi) is 7.59. The smallest absolute Gasteiger partial charge is 0.339 e. The molecule has 1 N–H and O–H groups in total. The summed E-state index contributed by atoms with van der Waals surface area (Å²) in [5.41, 5.74) is 0.677. The Morgan fingerprint density at radius 1 is 1.06 bits per heavy atom. The van der Waals surface area contributed by atoms with E-state index >= 15 is 0 Å². The fourth-order valence-electron chi connectivity index (χ4n) is 2.51. The summed E-state index contributed by atoms with van der Waals surface area (Å²) in [6.07, 6.45) is 1.36. The molecule has 1 amide bonds. The van der Waals surface area contributed by atoms with Crippen molar-refractivity contribution in [1.82, 2.24) is 0 Å². The third-order valence-electron chi connectivity index (χ3n) is 4.06. The number of carbonyl (C=O) groups is 1. The lowest BCUT2D eigenvalue weighted by molar-refractivity contribution is -0.112. The van der Waals surface area contributed by atoms with Gasteiger partial charge in [-0.1, -0.05) is 41.4 Å². The monoisotopic (exact) mass is 550 g/mol. The summed E-state index contributed by atoms with van der Waals surface area (Å²) in [5.74, 6) is -0.599. The van der Waals surface area contributed by atoms with Gasteiger partial charge in [0.25, 0.3) is 5.91 Å². The van der Waals surface area contributed by atoms with E-state index in [1.807, 2.05) is 6.07 Å². The molecule has 0 aliphatic carbocycles. The molecule has 0 heterocycles. The second-order valence-corrected chi connectivity index (χ2v) is 9.53. The summed E-state index contributed by atoms with van der Waals surface area (Å²) in [4.78, 5) is 12.4. The molecule has 0 aliphatic heterocycles. The number of nitrogens with one attached hydrogen (secondary N) is 1. The van der Waals surface area contributed by atoms with Crippen LogP contribution in [0.15, 0.2) is 81.7 Å². The molecule has 10 heteroatoms. The van der Waals surface area contributed by atoms with E-state index in [9.17, 15) is 18.5 Å². The largest absolute Gasteiger partial charge is 0.378 e. The Morgan fingerprint density at radius 2 is 1.75 bits per heavy atom. The summed E-state index contributed by atoms with van der Waals surface area (Å²) < 4.78 is 30.4. The highest BCUT2D eigenvalue weighted by molar-refractivity contribution is 9.10. The average molecular weight is 552 g/mol. The molecule has 0 aliphatic rings. The van der Waals surface area contributed by atoms with Crippen LogP contribution in [0.4, 0.5) is 5.69 Å². The normalized spacial score (nSPS) is 11.5. The molecular weight excluding hydrogens is 539 g/mol. The van der Waals surface area contributed by atoms with Crippen LogP contribution in [0.5, 0.6) is 5.75 Å². The van der Waals surface area contributed by atoms with Crippen molar-refractivity contribution in [1.29, 1.82) is 5.26 Å². The zero-order chi connectivity index (χ0) is 23.3. The summed E-state index contributed by atoms with van der Waals surface area (Å²) >= 11 is 15.1. The number of nitrogens with zero attached hydrogens (tertiary/aromatic N) is 1. The number of amides is 1. The Bertz CT molecular complexity index is 1350. The van der Waals surface area contributed by atoms with Crippen molar-refractivity contribution >= 4 is 66.9 Å². The van der Waals surface area contributed by atoms with E-state index in [1.54, 1.807) is 24.3 Å². The lowest BCUT2D eigenvalue weighted by atomic mass is 10.1. The van der Waals surface area contributed by atoms with Gasteiger partial charge in [0, 0.05) is 5.02 Å². The summed E-state index contributed by atoms with van der Waals surface area (Å²) in [7, 11) is -4.08. The topological polar surface area (TPSA) is 96.3 Å². The van der Waals surface area contributed by atoms with Crippen LogP contribution in [0.3, 0.4) is 0 Å². The van der Waals surface area contributed by atoms with Crippen molar-refractivity contribution in [3.05, 3.63) is 92.4 Å². The summed E-state index contributed by atoms with van der Waals surface area (Å²) in [5, 5.41) is 12.7. The Labute approximate surface area is 203 Å². The number of rotatable bonds is 6. The van der Waals surface area contributed by atoms with Gasteiger partial charge in [-0.05, 0) is 76.1 Å². The van der Waals surface area contributed by atoms with Crippen molar-refractivity contribution in [3.63, 3.8) is 0 Å². The molecule has 0 atom stereocenters. The Morgan fingerprint density at radius 3 is 2.38 bits per heavy atom. The van der Waals surface area contributed by atoms with E-state index < -0.39 is 16.0 Å². The van der Waals surface area contributed by atoms with E-state index in [-0.39, 0.29) is 16.2 Å². The zero-order valence-corrected chi connectivity index (χ0v) is 20.0. The fourth-order valence-corrected chi connectivity index (χ4v) is 4.35. The van der Waals surface area contributed by atoms with Crippen molar-refractivity contribution in [2.24, 2.45) is 0 Å². The average Bonchev–Trinajstić information content (AvgIpc) is 2.75. The Balaban J connectivity index is 1.81. The van der Waals surface area contributed by atoms with Crippen molar-refractivity contribution in [2.45, 2.75) is 4.90 Å². The van der Waals surface area contributed by atoms with Gasteiger partial charge in [0.1, 0.15) is 16.5 Å². The number of para-hydroxylation sites is 1. The van der Waals surface area contributed by atoms with Crippen LogP contribution in [0.25, 0.3) is 6.08 Å². The Hall–Kier alpha value is -2.83. The first-order chi connectivity index (χ1) is 15.2. The highest BCUT2D eigenvalue weighted by Crippen LogP contribution is 2.30. The maximum atomic E-state index is 12.5. The first kappa shape index (κ1) is 23.8. The molecule has 162 valence electrons. The standard InChI is InChI=1S/C22H13BrCl2N2O4S/c23-18-12-14(11-15(13-26)22(28)27-20-4-2-1-3-19(20)25)5-10-21(18)31-32(29,30)17-8-6-16(24)7-9-17/h1-12H,(H,27,28)/b15-11+. The maximum absolute atomic E-state index is 12.5. The summed E-state index contributed by atoms with van der Waals surface area (Å²) in [6.45, 7) is 0. The zero-order valence-electron chi connectivity index (χ0n) is 16.1. The molecule has 0 saturated heterocycles. The molecule has 0 bridgehead atoms. The number of nitriles is 1.